The molecule has 0 radical (unpaired) electrons. The number of hydrogen-bond acceptors (Lipinski definition) is 4. The summed E-state index contributed by atoms with van der Waals surface area (Å²) in [6.45, 7) is 0.608. The van der Waals surface area contributed by atoms with Crippen molar-refractivity contribution in [2.24, 2.45) is 0 Å². The minimum Gasteiger partial charge on any atom is -0.486 e. The van der Waals surface area contributed by atoms with E-state index in [-0.39, 0.29) is 13.1 Å². The largest absolute Gasteiger partial charge is 0.486 e. The second kappa shape index (κ2) is 7.35. The normalized spacial score (nSPS) is 14.5. The highest BCUT2D eigenvalue weighted by Crippen LogP contribution is 2.26. The van der Waals surface area contributed by atoms with Crippen molar-refractivity contribution in [3.63, 3.8) is 0 Å². The van der Waals surface area contributed by atoms with Gasteiger partial charge in [0.1, 0.15) is 0 Å². The van der Waals surface area contributed by atoms with Crippen LogP contribution in [0.25, 0.3) is 11.3 Å². The molecule has 0 unspecified atom stereocenters. The molecule has 0 aliphatic carbocycles. The molecule has 1 aliphatic heterocycles. The van der Waals surface area contributed by atoms with Crippen molar-refractivity contribution < 1.29 is 22.7 Å². The Labute approximate surface area is 149 Å². The van der Waals surface area contributed by atoms with Crippen LogP contribution in [0.3, 0.4) is 0 Å². The molecule has 0 saturated carbocycles. The van der Waals surface area contributed by atoms with E-state index in [0.717, 1.165) is 21.6 Å². The number of ether oxygens (including phenoxy) is 1. The number of rotatable bonds is 3. The molecule has 0 N–H and O–H groups in total. The highest BCUT2D eigenvalue weighted by molar-refractivity contribution is 6.08. The lowest BCUT2D eigenvalue weighted by atomic mass is 9.99. The molecule has 2 aromatic rings. The van der Waals surface area contributed by atoms with Gasteiger partial charge in [-0.05, 0) is 36.1 Å². The van der Waals surface area contributed by atoms with E-state index in [1.54, 1.807) is 12.1 Å². The molecule has 3 rings (SSSR count). The van der Waals surface area contributed by atoms with Crippen molar-refractivity contribution in [2.75, 3.05) is 19.6 Å². The standard InChI is InChI=1S/C17H17BF3N3O2/c18-10-26-15-4-3-14(22-23-15)13-2-1-11-5-7-24(8-6-12(11)9-13)16(25)17(19,20)21/h1-4,9H,5-8,10,18H2. The molecule has 0 saturated heterocycles. The Bertz CT molecular complexity index is 797. The zero-order chi connectivity index (χ0) is 18.7. The Morgan fingerprint density at radius 1 is 1.12 bits per heavy atom. The van der Waals surface area contributed by atoms with Gasteiger partial charge in [0, 0.05) is 24.7 Å². The average molecular weight is 363 g/mol. The Balaban J connectivity index is 1.78. The molecule has 26 heavy (non-hydrogen) atoms. The summed E-state index contributed by atoms with van der Waals surface area (Å²) in [5.74, 6) is -1.34. The first kappa shape index (κ1) is 18.2. The topological polar surface area (TPSA) is 55.3 Å². The molecule has 1 aromatic carbocycles. The molecular weight excluding hydrogens is 346 g/mol. The molecule has 0 atom stereocenters. The minimum atomic E-state index is -4.83. The molecule has 9 heteroatoms. The van der Waals surface area contributed by atoms with Crippen LogP contribution >= 0.6 is 0 Å². The predicted molar refractivity (Wildman–Crippen MR) is 91.6 cm³/mol. The maximum absolute atomic E-state index is 12.7. The van der Waals surface area contributed by atoms with Gasteiger partial charge in [-0.2, -0.15) is 13.2 Å². The molecule has 5 nitrogen and oxygen atoms in total. The fourth-order valence-corrected chi connectivity index (χ4v) is 2.97. The second-order valence-corrected chi connectivity index (χ2v) is 5.96. The molecule has 0 spiro atoms. The molecule has 1 aromatic heterocycles. The minimum absolute atomic E-state index is 0.0454. The number of halogens is 3. The van der Waals surface area contributed by atoms with Crippen LogP contribution in [-0.4, -0.2) is 54.6 Å². The third-order valence-corrected chi connectivity index (χ3v) is 4.27. The van der Waals surface area contributed by atoms with Gasteiger partial charge in [0.2, 0.25) is 5.88 Å². The molecular formula is C17H17BF3N3O2. The third kappa shape index (κ3) is 3.97. The Morgan fingerprint density at radius 3 is 2.46 bits per heavy atom. The fraction of sp³-hybridized carbons (Fsp3) is 0.353. The van der Waals surface area contributed by atoms with Gasteiger partial charge < -0.3 is 9.64 Å². The number of benzene rings is 1. The van der Waals surface area contributed by atoms with Crippen LogP contribution in [-0.2, 0) is 17.6 Å². The van der Waals surface area contributed by atoms with Gasteiger partial charge >= 0.3 is 12.1 Å². The number of carbonyl (C=O) groups is 1. The van der Waals surface area contributed by atoms with E-state index < -0.39 is 12.1 Å². The summed E-state index contributed by atoms with van der Waals surface area (Å²) < 4.78 is 43.2. The highest BCUT2D eigenvalue weighted by atomic mass is 19.4. The highest BCUT2D eigenvalue weighted by Gasteiger charge is 2.42. The first-order valence-corrected chi connectivity index (χ1v) is 8.33. The molecule has 1 amide bonds. The maximum Gasteiger partial charge on any atom is 0.471 e. The molecule has 136 valence electrons. The van der Waals surface area contributed by atoms with E-state index in [2.05, 4.69) is 10.2 Å². The summed E-state index contributed by atoms with van der Waals surface area (Å²) in [5.41, 5.74) is 3.36. The average Bonchev–Trinajstić information content (AvgIpc) is 2.83. The summed E-state index contributed by atoms with van der Waals surface area (Å²) >= 11 is 0. The summed E-state index contributed by atoms with van der Waals surface area (Å²) in [6, 6.07) is 9.16. The molecule has 2 heterocycles. The summed E-state index contributed by atoms with van der Waals surface area (Å²) in [6.07, 6.45) is -4.07. The zero-order valence-electron chi connectivity index (χ0n) is 14.2. The van der Waals surface area contributed by atoms with Crippen molar-refractivity contribution >= 4 is 13.8 Å². The Morgan fingerprint density at radius 2 is 1.85 bits per heavy atom. The molecule has 0 bridgehead atoms. The number of carbonyl (C=O) groups excluding carboxylic acids is 1. The Hall–Kier alpha value is -2.58. The van der Waals surface area contributed by atoms with Crippen LogP contribution in [0, 0.1) is 0 Å². The maximum atomic E-state index is 12.7. The van der Waals surface area contributed by atoms with Crippen molar-refractivity contribution in [3.05, 3.63) is 41.5 Å². The van der Waals surface area contributed by atoms with Gasteiger partial charge in [0.05, 0.1) is 12.2 Å². The van der Waals surface area contributed by atoms with E-state index in [1.165, 1.54) is 0 Å². The number of fused-ring (bicyclic) bond motifs is 1. The molecule has 1 aliphatic rings. The van der Waals surface area contributed by atoms with Crippen LogP contribution in [0.5, 0.6) is 5.88 Å². The van der Waals surface area contributed by atoms with Crippen LogP contribution in [0.2, 0.25) is 0 Å². The second-order valence-electron chi connectivity index (χ2n) is 5.96. The van der Waals surface area contributed by atoms with E-state index in [4.69, 9.17) is 4.74 Å². The number of nitrogens with zero attached hydrogens (tertiary/aromatic N) is 3. The lowest BCUT2D eigenvalue weighted by molar-refractivity contribution is -0.185. The fourth-order valence-electron chi connectivity index (χ4n) is 2.97. The van der Waals surface area contributed by atoms with Gasteiger partial charge in [0.15, 0.2) is 7.85 Å². The smallest absolute Gasteiger partial charge is 0.471 e. The summed E-state index contributed by atoms with van der Waals surface area (Å²) in [7, 11) is 1.86. The number of aromatic nitrogens is 2. The van der Waals surface area contributed by atoms with Crippen molar-refractivity contribution in [1.29, 1.82) is 0 Å². The zero-order valence-corrected chi connectivity index (χ0v) is 14.2. The van der Waals surface area contributed by atoms with Crippen LogP contribution in [0.1, 0.15) is 11.1 Å². The predicted octanol–water partition coefficient (Wildman–Crippen LogP) is 1.60. The number of hydrogen-bond donors (Lipinski definition) is 0. The monoisotopic (exact) mass is 363 g/mol. The van der Waals surface area contributed by atoms with Crippen molar-refractivity contribution in [3.8, 4) is 17.1 Å². The first-order valence-electron chi connectivity index (χ1n) is 8.33. The van der Waals surface area contributed by atoms with Gasteiger partial charge in [0.25, 0.3) is 0 Å². The Kier molecular flexibility index (Phi) is 5.15. The summed E-state index contributed by atoms with van der Waals surface area (Å²) in [5, 5.41) is 8.11. The van der Waals surface area contributed by atoms with Crippen LogP contribution < -0.4 is 4.74 Å². The summed E-state index contributed by atoms with van der Waals surface area (Å²) in [4.78, 5) is 12.3. The van der Waals surface area contributed by atoms with Crippen molar-refractivity contribution in [1.82, 2.24) is 15.1 Å². The number of amides is 1. The van der Waals surface area contributed by atoms with Gasteiger partial charge in [-0.25, -0.2) is 0 Å². The lowest BCUT2D eigenvalue weighted by Gasteiger charge is -2.21. The van der Waals surface area contributed by atoms with E-state index in [1.807, 2.05) is 26.0 Å². The van der Waals surface area contributed by atoms with Crippen LogP contribution in [0.4, 0.5) is 13.2 Å². The number of alkyl halides is 3. The van der Waals surface area contributed by atoms with Gasteiger partial charge in [-0.15, -0.1) is 10.2 Å². The molecule has 0 fully saturated rings. The quantitative estimate of drug-likeness (QED) is 0.778. The lowest BCUT2D eigenvalue weighted by Crippen LogP contribution is -2.42. The van der Waals surface area contributed by atoms with Gasteiger partial charge in [-0.1, -0.05) is 12.1 Å². The van der Waals surface area contributed by atoms with Gasteiger partial charge in [-0.3, -0.25) is 4.79 Å². The van der Waals surface area contributed by atoms with Crippen molar-refractivity contribution in [2.45, 2.75) is 19.0 Å². The first-order chi connectivity index (χ1) is 12.4. The van der Waals surface area contributed by atoms with E-state index in [0.29, 0.717) is 30.9 Å². The van der Waals surface area contributed by atoms with E-state index in [9.17, 15) is 18.0 Å². The third-order valence-electron chi connectivity index (χ3n) is 4.27. The van der Waals surface area contributed by atoms with Crippen LogP contribution in [0.15, 0.2) is 30.3 Å². The SMILES string of the molecule is BCOc1ccc(-c2ccc3c(c2)CCN(C(=O)C(F)(F)F)CC3)nn1. The van der Waals surface area contributed by atoms with E-state index >= 15 is 0 Å².